The van der Waals surface area contributed by atoms with Crippen LogP contribution in [0.25, 0.3) is 0 Å². The van der Waals surface area contributed by atoms with E-state index < -0.39 is 10.0 Å². The zero-order valence-electron chi connectivity index (χ0n) is 9.88. The number of hydrogen-bond donors (Lipinski definition) is 1. The highest BCUT2D eigenvalue weighted by Gasteiger charge is 2.25. The monoisotopic (exact) mass is 356 g/mol. The molecular weight excluding hydrogens is 344 g/mol. The lowest BCUT2D eigenvalue weighted by atomic mass is 10.5. The van der Waals surface area contributed by atoms with Crippen LogP contribution in [0.4, 0.5) is 5.13 Å². The molecule has 102 valence electrons. The van der Waals surface area contributed by atoms with E-state index in [1.807, 2.05) is 0 Å². The van der Waals surface area contributed by atoms with E-state index in [0.717, 1.165) is 16.7 Å². The molecule has 1 aromatic rings. The molecule has 0 bridgehead atoms. The second kappa shape index (κ2) is 6.55. The third kappa shape index (κ3) is 3.97. The SMILES string of the molecule is CC(=O)Nc1nnc(S(=O)(=O)N(C)CCCBr)s1. The Morgan fingerprint density at radius 3 is 2.72 bits per heavy atom. The van der Waals surface area contributed by atoms with Gasteiger partial charge in [0, 0.05) is 25.8 Å². The molecule has 0 spiro atoms. The predicted octanol–water partition coefficient (Wildman–Crippen LogP) is 0.902. The summed E-state index contributed by atoms with van der Waals surface area (Å²) in [5.74, 6) is -0.317. The molecule has 0 atom stereocenters. The van der Waals surface area contributed by atoms with Crippen molar-refractivity contribution in [2.24, 2.45) is 0 Å². The van der Waals surface area contributed by atoms with Gasteiger partial charge >= 0.3 is 0 Å². The third-order valence-corrected chi connectivity index (χ3v) is 5.53. The number of hydrogen-bond acceptors (Lipinski definition) is 6. The standard InChI is InChI=1S/C8H13BrN4O3S2/c1-6(14)10-7-11-12-8(17-7)18(15,16)13(2)5-3-4-9/h3-5H2,1-2H3,(H,10,11,14). The van der Waals surface area contributed by atoms with Crippen molar-refractivity contribution in [2.45, 2.75) is 17.7 Å². The van der Waals surface area contributed by atoms with Crippen molar-refractivity contribution >= 4 is 48.3 Å². The zero-order valence-corrected chi connectivity index (χ0v) is 13.1. The van der Waals surface area contributed by atoms with Gasteiger partial charge in [0.05, 0.1) is 0 Å². The van der Waals surface area contributed by atoms with E-state index in [1.165, 1.54) is 18.3 Å². The molecule has 7 nitrogen and oxygen atoms in total. The van der Waals surface area contributed by atoms with Crippen LogP contribution in [0.2, 0.25) is 0 Å². The quantitative estimate of drug-likeness (QED) is 0.603. The van der Waals surface area contributed by atoms with Crippen LogP contribution in [0.3, 0.4) is 0 Å². The Labute approximate surface area is 118 Å². The first-order chi connectivity index (χ1) is 8.37. The number of anilines is 1. The van der Waals surface area contributed by atoms with Gasteiger partial charge < -0.3 is 5.32 Å². The van der Waals surface area contributed by atoms with Crippen LogP contribution in [0.15, 0.2) is 4.34 Å². The highest BCUT2D eigenvalue weighted by atomic mass is 79.9. The summed E-state index contributed by atoms with van der Waals surface area (Å²) in [6.07, 6.45) is 0.701. The van der Waals surface area contributed by atoms with E-state index in [1.54, 1.807) is 0 Å². The summed E-state index contributed by atoms with van der Waals surface area (Å²) >= 11 is 4.07. The summed E-state index contributed by atoms with van der Waals surface area (Å²) in [5.41, 5.74) is 0. The molecule has 0 aliphatic rings. The number of halogens is 1. The first-order valence-electron chi connectivity index (χ1n) is 5.01. The molecule has 0 saturated heterocycles. The summed E-state index contributed by atoms with van der Waals surface area (Å²) in [5, 5.41) is 10.5. The van der Waals surface area contributed by atoms with Gasteiger partial charge in [-0.15, -0.1) is 10.2 Å². The Kier molecular flexibility index (Phi) is 5.63. The largest absolute Gasteiger partial charge is 0.301 e. The van der Waals surface area contributed by atoms with Crippen molar-refractivity contribution in [1.29, 1.82) is 0 Å². The van der Waals surface area contributed by atoms with Gasteiger partial charge in [0.2, 0.25) is 15.4 Å². The molecule has 1 N–H and O–H groups in total. The lowest BCUT2D eigenvalue weighted by molar-refractivity contribution is -0.114. The molecule has 0 aliphatic heterocycles. The second-order valence-corrected chi connectivity index (χ2v) is 7.41. The topological polar surface area (TPSA) is 92.3 Å². The van der Waals surface area contributed by atoms with Gasteiger partial charge in [-0.2, -0.15) is 4.31 Å². The van der Waals surface area contributed by atoms with E-state index in [2.05, 4.69) is 31.4 Å². The molecule has 0 fully saturated rings. The van der Waals surface area contributed by atoms with Crippen molar-refractivity contribution in [3.8, 4) is 0 Å². The Hall–Kier alpha value is -0.580. The summed E-state index contributed by atoms with van der Waals surface area (Å²) in [6.45, 7) is 1.71. The van der Waals surface area contributed by atoms with Crippen molar-refractivity contribution in [3.63, 3.8) is 0 Å². The van der Waals surface area contributed by atoms with Gasteiger partial charge in [-0.1, -0.05) is 27.3 Å². The Balaban J connectivity index is 2.84. The highest BCUT2D eigenvalue weighted by molar-refractivity contribution is 9.09. The fraction of sp³-hybridized carbons (Fsp3) is 0.625. The smallest absolute Gasteiger partial charge is 0.272 e. The molecule has 0 unspecified atom stereocenters. The lowest BCUT2D eigenvalue weighted by Gasteiger charge is -2.13. The third-order valence-electron chi connectivity index (χ3n) is 1.93. The number of alkyl halides is 1. The predicted molar refractivity (Wildman–Crippen MR) is 72.4 cm³/mol. The average molecular weight is 357 g/mol. The number of carbonyl (C=O) groups excluding carboxylic acids is 1. The van der Waals surface area contributed by atoms with E-state index >= 15 is 0 Å². The molecule has 0 aliphatic carbocycles. The van der Waals surface area contributed by atoms with Crippen molar-refractivity contribution in [2.75, 3.05) is 24.2 Å². The lowest BCUT2D eigenvalue weighted by Crippen LogP contribution is -2.28. The second-order valence-electron chi connectivity index (χ2n) is 3.42. The van der Waals surface area contributed by atoms with Crippen LogP contribution >= 0.6 is 27.3 Å². The Morgan fingerprint density at radius 2 is 2.17 bits per heavy atom. The molecule has 0 aromatic carbocycles. The van der Waals surface area contributed by atoms with Crippen LogP contribution in [0.1, 0.15) is 13.3 Å². The van der Waals surface area contributed by atoms with Gasteiger partial charge in [-0.25, -0.2) is 8.42 Å². The molecule has 10 heteroatoms. The summed E-state index contributed by atoms with van der Waals surface area (Å²) in [7, 11) is -2.14. The molecule has 1 heterocycles. The maximum absolute atomic E-state index is 12.0. The van der Waals surface area contributed by atoms with Crippen LogP contribution in [0, 0.1) is 0 Å². The van der Waals surface area contributed by atoms with Gasteiger partial charge in [0.1, 0.15) is 0 Å². The molecule has 18 heavy (non-hydrogen) atoms. The number of amides is 1. The van der Waals surface area contributed by atoms with Crippen molar-refractivity contribution in [3.05, 3.63) is 0 Å². The minimum absolute atomic E-state index is 0.122. The number of rotatable bonds is 6. The maximum atomic E-state index is 12.0. The van der Waals surface area contributed by atoms with E-state index in [9.17, 15) is 13.2 Å². The number of carbonyl (C=O) groups is 1. The van der Waals surface area contributed by atoms with Crippen LogP contribution < -0.4 is 5.32 Å². The minimum atomic E-state index is -3.62. The number of aromatic nitrogens is 2. The summed E-state index contributed by atoms with van der Waals surface area (Å²) < 4.78 is 25.2. The van der Waals surface area contributed by atoms with E-state index in [0.29, 0.717) is 13.0 Å². The normalized spacial score (nSPS) is 11.8. The minimum Gasteiger partial charge on any atom is -0.301 e. The van der Waals surface area contributed by atoms with Crippen molar-refractivity contribution < 1.29 is 13.2 Å². The van der Waals surface area contributed by atoms with E-state index in [-0.39, 0.29) is 15.4 Å². The number of nitrogens with one attached hydrogen (secondary N) is 1. The fourth-order valence-corrected chi connectivity index (χ4v) is 3.65. The highest BCUT2D eigenvalue weighted by Crippen LogP contribution is 2.22. The van der Waals surface area contributed by atoms with Crippen molar-refractivity contribution in [1.82, 2.24) is 14.5 Å². The van der Waals surface area contributed by atoms with Gasteiger partial charge in [0.15, 0.2) is 0 Å². The zero-order chi connectivity index (χ0) is 13.8. The maximum Gasteiger partial charge on any atom is 0.272 e. The molecule has 0 radical (unpaired) electrons. The summed E-state index contributed by atoms with van der Waals surface area (Å²) in [4.78, 5) is 10.8. The summed E-state index contributed by atoms with van der Waals surface area (Å²) in [6, 6.07) is 0. The first kappa shape index (κ1) is 15.5. The van der Waals surface area contributed by atoms with E-state index in [4.69, 9.17) is 0 Å². The molecule has 1 aromatic heterocycles. The Morgan fingerprint density at radius 1 is 1.50 bits per heavy atom. The van der Waals surface area contributed by atoms with Gasteiger partial charge in [-0.3, -0.25) is 4.79 Å². The fourth-order valence-electron chi connectivity index (χ4n) is 1.05. The molecule has 0 saturated carbocycles. The number of nitrogens with zero attached hydrogens (tertiary/aromatic N) is 3. The first-order valence-corrected chi connectivity index (χ1v) is 8.39. The van der Waals surface area contributed by atoms with Gasteiger partial charge in [0.25, 0.3) is 10.0 Å². The van der Waals surface area contributed by atoms with Crippen LogP contribution in [-0.2, 0) is 14.8 Å². The average Bonchev–Trinajstić information content (AvgIpc) is 2.73. The number of sulfonamides is 1. The molecule has 1 rings (SSSR count). The van der Waals surface area contributed by atoms with Crippen LogP contribution in [0.5, 0.6) is 0 Å². The van der Waals surface area contributed by atoms with Gasteiger partial charge in [-0.05, 0) is 6.42 Å². The molecule has 1 amide bonds. The molecular formula is C8H13BrN4O3S2. The van der Waals surface area contributed by atoms with Crippen LogP contribution in [-0.4, -0.2) is 47.8 Å². The Bertz CT molecular complexity index is 516.